The molecule has 0 saturated heterocycles. The molecule has 7 heteroatoms. The molecular weight excluding hydrogens is 202 g/mol. The van der Waals surface area contributed by atoms with Gasteiger partial charge in [0, 0.05) is 12.7 Å². The number of H-pyrrole nitrogens is 1. The van der Waals surface area contributed by atoms with Crippen LogP contribution in [0.5, 0.6) is 0 Å². The van der Waals surface area contributed by atoms with Crippen molar-refractivity contribution in [1.82, 2.24) is 20.0 Å². The van der Waals surface area contributed by atoms with Gasteiger partial charge in [0.05, 0.1) is 5.56 Å². The van der Waals surface area contributed by atoms with Crippen molar-refractivity contribution in [2.45, 2.75) is 6.92 Å². The van der Waals surface area contributed by atoms with Gasteiger partial charge in [0.25, 0.3) is 5.56 Å². The van der Waals surface area contributed by atoms with Crippen LogP contribution in [0.1, 0.15) is 5.69 Å². The lowest BCUT2D eigenvalue weighted by Crippen LogP contribution is -2.12. The van der Waals surface area contributed by atoms with Crippen LogP contribution in [0.15, 0.2) is 4.79 Å². The molecule has 2 aromatic heterocycles. The topological polar surface area (TPSA) is 89.6 Å². The monoisotopic (exact) mass is 211 g/mol. The van der Waals surface area contributed by atoms with Crippen LogP contribution >= 0.6 is 11.3 Å². The first-order chi connectivity index (χ1) is 6.59. The second-order valence-electron chi connectivity index (χ2n) is 2.92. The molecule has 3 N–H and O–H groups in total. The van der Waals surface area contributed by atoms with Crippen LogP contribution < -0.4 is 11.3 Å². The smallest absolute Gasteiger partial charge is 0.276 e. The summed E-state index contributed by atoms with van der Waals surface area (Å²) in [6.45, 7) is 1.81. The molecule has 0 radical (unpaired) electrons. The summed E-state index contributed by atoms with van der Waals surface area (Å²) in [5.74, 6) is 0. The number of nitrogens with zero attached hydrogens (tertiary/aromatic N) is 3. The van der Waals surface area contributed by atoms with Crippen LogP contribution in [-0.4, -0.2) is 20.0 Å². The number of hydrogen-bond donors (Lipinski definition) is 2. The summed E-state index contributed by atoms with van der Waals surface area (Å²) in [6.07, 6.45) is 0. The second-order valence-corrected chi connectivity index (χ2v) is 3.93. The van der Waals surface area contributed by atoms with E-state index in [1.807, 2.05) is 6.92 Å². The Hall–Kier alpha value is -1.63. The van der Waals surface area contributed by atoms with Crippen molar-refractivity contribution in [2.24, 2.45) is 7.05 Å². The molecule has 2 heterocycles. The number of aromatic nitrogens is 4. The number of nitrogens with one attached hydrogen (secondary N) is 1. The molecule has 0 aliphatic carbocycles. The van der Waals surface area contributed by atoms with E-state index < -0.39 is 0 Å². The van der Waals surface area contributed by atoms with E-state index in [1.165, 1.54) is 16.0 Å². The fraction of sp³-hybridized carbons (Fsp3) is 0.286. The number of hydrogen-bond acceptors (Lipinski definition) is 5. The highest BCUT2D eigenvalue weighted by Crippen LogP contribution is 2.23. The third-order valence-corrected chi connectivity index (χ3v) is 2.65. The van der Waals surface area contributed by atoms with Gasteiger partial charge in [-0.15, -0.1) is 10.2 Å². The summed E-state index contributed by atoms with van der Waals surface area (Å²) in [6, 6.07) is 0. The zero-order chi connectivity index (χ0) is 10.3. The molecule has 0 atom stereocenters. The van der Waals surface area contributed by atoms with E-state index in [-0.39, 0.29) is 5.56 Å². The number of rotatable bonds is 1. The van der Waals surface area contributed by atoms with Crippen LogP contribution in [0.25, 0.3) is 10.6 Å². The quantitative estimate of drug-likeness (QED) is 0.701. The van der Waals surface area contributed by atoms with Gasteiger partial charge in [0.2, 0.25) is 5.13 Å². The average molecular weight is 211 g/mol. The van der Waals surface area contributed by atoms with Gasteiger partial charge < -0.3 is 5.73 Å². The standard InChI is InChI=1S/C7H9N5OS/c1-3-4(6(13)12(2)11-3)5-9-10-7(8)14-5/h11H,1-2H3,(H2,8,10). The van der Waals surface area contributed by atoms with E-state index in [2.05, 4.69) is 15.3 Å². The first-order valence-corrected chi connectivity index (χ1v) is 4.76. The highest BCUT2D eigenvalue weighted by atomic mass is 32.1. The normalized spacial score (nSPS) is 10.7. The van der Waals surface area contributed by atoms with Crippen molar-refractivity contribution in [2.75, 3.05) is 5.73 Å². The summed E-state index contributed by atoms with van der Waals surface area (Å²) in [5.41, 5.74) is 6.65. The minimum absolute atomic E-state index is 0.112. The lowest BCUT2D eigenvalue weighted by atomic mass is 10.3. The summed E-state index contributed by atoms with van der Waals surface area (Å²) >= 11 is 1.20. The molecule has 0 aliphatic rings. The Labute approximate surface area is 83.4 Å². The Balaban J connectivity index is 2.67. The fourth-order valence-corrected chi connectivity index (χ4v) is 1.98. The molecule has 2 rings (SSSR count). The third kappa shape index (κ3) is 1.22. The predicted molar refractivity (Wildman–Crippen MR) is 54.1 cm³/mol. The highest BCUT2D eigenvalue weighted by Gasteiger charge is 2.15. The summed E-state index contributed by atoms with van der Waals surface area (Å²) in [7, 11) is 1.66. The van der Waals surface area contributed by atoms with Gasteiger partial charge in [-0.2, -0.15) is 0 Å². The molecule has 74 valence electrons. The number of aryl methyl sites for hydroxylation is 2. The minimum atomic E-state index is -0.112. The number of aromatic amines is 1. The molecule has 0 bridgehead atoms. The third-order valence-electron chi connectivity index (χ3n) is 1.88. The van der Waals surface area contributed by atoms with Gasteiger partial charge in [-0.25, -0.2) is 0 Å². The molecule has 0 fully saturated rings. The van der Waals surface area contributed by atoms with Crippen LogP contribution in [-0.2, 0) is 7.05 Å². The maximum Gasteiger partial charge on any atom is 0.276 e. The van der Waals surface area contributed by atoms with E-state index in [9.17, 15) is 4.79 Å². The Bertz CT molecular complexity index is 522. The lowest BCUT2D eigenvalue weighted by Gasteiger charge is -1.86. The molecule has 0 aliphatic heterocycles. The summed E-state index contributed by atoms with van der Waals surface area (Å²) < 4.78 is 1.41. The maximum atomic E-state index is 11.6. The summed E-state index contributed by atoms with van der Waals surface area (Å²) in [4.78, 5) is 11.6. The SMILES string of the molecule is Cc1[nH]n(C)c(=O)c1-c1nnc(N)s1. The van der Waals surface area contributed by atoms with Gasteiger partial charge >= 0.3 is 0 Å². The minimum Gasteiger partial charge on any atom is -0.374 e. The molecule has 0 saturated carbocycles. The van der Waals surface area contributed by atoms with Crippen molar-refractivity contribution in [3.63, 3.8) is 0 Å². The molecule has 6 nitrogen and oxygen atoms in total. The maximum absolute atomic E-state index is 11.6. The zero-order valence-corrected chi connectivity index (χ0v) is 8.55. The van der Waals surface area contributed by atoms with Crippen LogP contribution in [0, 0.1) is 6.92 Å². The van der Waals surface area contributed by atoms with Crippen LogP contribution in [0.3, 0.4) is 0 Å². The van der Waals surface area contributed by atoms with Crippen molar-refractivity contribution >= 4 is 16.5 Å². The Kier molecular flexibility index (Phi) is 1.88. The van der Waals surface area contributed by atoms with E-state index in [0.717, 1.165) is 5.69 Å². The van der Waals surface area contributed by atoms with E-state index in [0.29, 0.717) is 15.7 Å². The highest BCUT2D eigenvalue weighted by molar-refractivity contribution is 7.18. The average Bonchev–Trinajstić information content (AvgIpc) is 2.60. The van der Waals surface area contributed by atoms with Crippen LogP contribution in [0.2, 0.25) is 0 Å². The van der Waals surface area contributed by atoms with Crippen LogP contribution in [0.4, 0.5) is 5.13 Å². The Morgan fingerprint density at radius 1 is 1.50 bits per heavy atom. The van der Waals surface area contributed by atoms with Crippen molar-refractivity contribution in [3.05, 3.63) is 16.0 Å². The molecule has 14 heavy (non-hydrogen) atoms. The molecule has 0 amide bonds. The molecular formula is C7H9N5OS. The number of nitrogen functional groups attached to an aromatic ring is 1. The van der Waals surface area contributed by atoms with E-state index in [1.54, 1.807) is 7.05 Å². The van der Waals surface area contributed by atoms with E-state index >= 15 is 0 Å². The van der Waals surface area contributed by atoms with Crippen molar-refractivity contribution < 1.29 is 0 Å². The first-order valence-electron chi connectivity index (χ1n) is 3.94. The van der Waals surface area contributed by atoms with Gasteiger partial charge in [-0.3, -0.25) is 14.6 Å². The molecule has 2 aromatic rings. The van der Waals surface area contributed by atoms with Gasteiger partial charge in [-0.05, 0) is 6.92 Å². The Morgan fingerprint density at radius 3 is 2.64 bits per heavy atom. The largest absolute Gasteiger partial charge is 0.374 e. The summed E-state index contributed by atoms with van der Waals surface area (Å²) in [5, 5.41) is 11.3. The second kappa shape index (κ2) is 2.95. The fourth-order valence-electron chi connectivity index (χ4n) is 1.27. The predicted octanol–water partition coefficient (Wildman–Crippen LogP) is 0.123. The molecule has 0 spiro atoms. The van der Waals surface area contributed by atoms with Gasteiger partial charge in [0.1, 0.15) is 0 Å². The van der Waals surface area contributed by atoms with E-state index in [4.69, 9.17) is 5.73 Å². The molecule has 0 aromatic carbocycles. The number of nitrogens with two attached hydrogens (primary N) is 1. The van der Waals surface area contributed by atoms with Crippen molar-refractivity contribution in [3.8, 4) is 10.6 Å². The van der Waals surface area contributed by atoms with Crippen molar-refractivity contribution in [1.29, 1.82) is 0 Å². The van der Waals surface area contributed by atoms with Gasteiger partial charge in [-0.1, -0.05) is 11.3 Å². The molecule has 0 unspecified atom stereocenters. The van der Waals surface area contributed by atoms with Gasteiger partial charge in [0.15, 0.2) is 5.01 Å². The Morgan fingerprint density at radius 2 is 2.21 bits per heavy atom. The first kappa shape index (κ1) is 8.95. The zero-order valence-electron chi connectivity index (χ0n) is 7.74. The number of anilines is 1. The lowest BCUT2D eigenvalue weighted by molar-refractivity contribution is 0.731.